The zero-order valence-electron chi connectivity index (χ0n) is 9.20. The third-order valence-corrected chi connectivity index (χ3v) is 11.5. The summed E-state index contributed by atoms with van der Waals surface area (Å²) in [5.74, 6) is 0. The zero-order chi connectivity index (χ0) is 10.3. The van der Waals surface area contributed by atoms with Gasteiger partial charge in [-0.25, -0.2) is 0 Å². The summed E-state index contributed by atoms with van der Waals surface area (Å²) in [5, 5.41) is 0. The van der Waals surface area contributed by atoms with Crippen LogP contribution in [0.2, 0.25) is 11.4 Å². The van der Waals surface area contributed by atoms with E-state index in [-0.39, 0.29) is 0 Å². The normalized spacial score (nSPS) is 31.1. The zero-order valence-corrected chi connectivity index (χ0v) is 13.0. The molecule has 2 rings (SSSR count). The Morgan fingerprint density at radius 2 is 1.14 bits per heavy atom. The van der Waals surface area contributed by atoms with Crippen molar-refractivity contribution in [3.05, 3.63) is 41.7 Å². The molecule has 0 nitrogen and oxygen atoms in total. The minimum atomic E-state index is -0.782. The Labute approximate surface area is 96.0 Å². The molecule has 0 aromatic carbocycles. The van der Waals surface area contributed by atoms with Crippen molar-refractivity contribution in [1.29, 1.82) is 0 Å². The van der Waals surface area contributed by atoms with Crippen LogP contribution >= 0.6 is 0 Å². The molecule has 0 bridgehead atoms. The molecule has 0 saturated carbocycles. The van der Waals surface area contributed by atoms with E-state index in [0.29, 0.717) is 0 Å². The second-order valence-corrected chi connectivity index (χ2v) is 12.2. The van der Waals surface area contributed by atoms with E-state index in [4.69, 9.17) is 0 Å². The van der Waals surface area contributed by atoms with Crippen LogP contribution in [0.3, 0.4) is 0 Å². The van der Waals surface area contributed by atoms with Gasteiger partial charge in [-0.1, -0.05) is 0 Å². The van der Waals surface area contributed by atoms with E-state index < -0.39 is 29.3 Å². The van der Waals surface area contributed by atoms with Gasteiger partial charge in [-0.15, -0.1) is 0 Å². The van der Waals surface area contributed by atoms with Crippen molar-refractivity contribution in [3.8, 4) is 0 Å². The van der Waals surface area contributed by atoms with Crippen molar-refractivity contribution in [2.24, 2.45) is 0 Å². The molecule has 0 aromatic rings. The molecule has 2 aliphatic rings. The molecule has 2 aliphatic heterocycles. The van der Waals surface area contributed by atoms with Crippen molar-refractivity contribution < 1.29 is 0 Å². The first kappa shape index (κ1) is 10.6. The summed E-state index contributed by atoms with van der Waals surface area (Å²) < 4.78 is 3.53. The summed E-state index contributed by atoms with van der Waals surface area (Å²) in [6.07, 6.45) is 4.69. The van der Waals surface area contributed by atoms with Crippen molar-refractivity contribution >= 4 is 29.3 Å². The molecule has 0 aliphatic carbocycles. The van der Waals surface area contributed by atoms with E-state index in [1.807, 2.05) is 0 Å². The first-order valence-electron chi connectivity index (χ1n) is 4.85. The topological polar surface area (TPSA) is 0 Å². The maximum absolute atomic E-state index is 2.47. The molecule has 14 heavy (non-hydrogen) atoms. The Balaban J connectivity index is 2.43. The van der Waals surface area contributed by atoms with Gasteiger partial charge in [0.15, 0.2) is 0 Å². The molecular formula is C12H16As2. The molecule has 2 unspecified atom stereocenters. The van der Waals surface area contributed by atoms with Crippen molar-refractivity contribution in [2.75, 3.05) is 0 Å². The fraction of sp³-hybridized carbons (Fsp3) is 0.333. The molecule has 0 radical (unpaired) electrons. The fourth-order valence-electron chi connectivity index (χ4n) is 2.02. The average molecular weight is 310 g/mol. The number of hydrogen-bond donors (Lipinski definition) is 0. The van der Waals surface area contributed by atoms with Gasteiger partial charge in [0.05, 0.1) is 0 Å². The van der Waals surface area contributed by atoms with Crippen LogP contribution in [0.15, 0.2) is 41.7 Å². The predicted octanol–water partition coefficient (Wildman–Crippen LogP) is 3.17. The summed E-state index contributed by atoms with van der Waals surface area (Å²) in [7, 11) is 0. The van der Waals surface area contributed by atoms with Crippen LogP contribution in [0.1, 0.15) is 13.8 Å². The molecule has 74 valence electrons. The standard InChI is InChI=1S/C12H16As2/c1-9-5-7-13(3)11(9)12-10(2)6-8-14(12)4/h5-8H,1-4H3. The monoisotopic (exact) mass is 310 g/mol. The maximum atomic E-state index is 2.47. The van der Waals surface area contributed by atoms with Gasteiger partial charge in [-0.05, 0) is 0 Å². The Morgan fingerprint density at radius 3 is 1.36 bits per heavy atom. The molecule has 0 fully saturated rings. The van der Waals surface area contributed by atoms with E-state index in [1.165, 1.54) is 0 Å². The van der Waals surface area contributed by atoms with E-state index >= 15 is 0 Å². The van der Waals surface area contributed by atoms with Crippen LogP contribution < -0.4 is 0 Å². The van der Waals surface area contributed by atoms with Gasteiger partial charge in [-0.2, -0.15) is 0 Å². The summed E-state index contributed by atoms with van der Waals surface area (Å²) in [4.78, 5) is 4.94. The molecule has 0 N–H and O–H groups in total. The number of hydrogen-bond acceptors (Lipinski definition) is 0. The molecular weight excluding hydrogens is 294 g/mol. The quantitative estimate of drug-likeness (QED) is 0.653. The van der Waals surface area contributed by atoms with Gasteiger partial charge < -0.3 is 0 Å². The summed E-state index contributed by atoms with van der Waals surface area (Å²) >= 11 is -1.56. The number of rotatable bonds is 1. The third-order valence-electron chi connectivity index (χ3n) is 2.77. The van der Waals surface area contributed by atoms with E-state index in [1.54, 1.807) is 19.9 Å². The summed E-state index contributed by atoms with van der Waals surface area (Å²) in [5.41, 5.74) is 8.00. The Morgan fingerprint density at radius 1 is 0.786 bits per heavy atom. The van der Waals surface area contributed by atoms with E-state index in [9.17, 15) is 0 Å². The fourth-order valence-corrected chi connectivity index (χ4v) is 12.7. The van der Waals surface area contributed by atoms with Gasteiger partial charge in [0.25, 0.3) is 0 Å². The predicted molar refractivity (Wildman–Crippen MR) is 66.9 cm³/mol. The second-order valence-electron chi connectivity index (χ2n) is 3.92. The van der Waals surface area contributed by atoms with E-state index in [0.717, 1.165) is 0 Å². The van der Waals surface area contributed by atoms with Gasteiger partial charge in [-0.3, -0.25) is 0 Å². The molecule has 2 heterocycles. The van der Waals surface area contributed by atoms with Crippen LogP contribution in [-0.4, -0.2) is 29.3 Å². The van der Waals surface area contributed by atoms with E-state index in [2.05, 4.69) is 47.1 Å². The minimum absolute atomic E-state index is 0.782. The van der Waals surface area contributed by atoms with Crippen LogP contribution in [-0.2, 0) is 0 Å². The molecule has 2 heteroatoms. The molecule has 0 spiro atoms. The first-order chi connectivity index (χ1) is 6.61. The van der Waals surface area contributed by atoms with Gasteiger partial charge in [0.2, 0.25) is 0 Å². The van der Waals surface area contributed by atoms with Crippen LogP contribution in [0.5, 0.6) is 0 Å². The van der Waals surface area contributed by atoms with Crippen LogP contribution in [0, 0.1) is 0 Å². The van der Waals surface area contributed by atoms with Gasteiger partial charge >= 0.3 is 96.3 Å². The molecule has 0 amide bonds. The van der Waals surface area contributed by atoms with Crippen molar-refractivity contribution in [1.82, 2.24) is 0 Å². The summed E-state index contributed by atoms with van der Waals surface area (Å²) in [6, 6.07) is 0. The number of allylic oxidation sites excluding steroid dienone is 6. The van der Waals surface area contributed by atoms with Crippen LogP contribution in [0.25, 0.3) is 0 Å². The van der Waals surface area contributed by atoms with Crippen molar-refractivity contribution in [2.45, 2.75) is 25.3 Å². The Hall–Kier alpha value is 0.0769. The van der Waals surface area contributed by atoms with Crippen LogP contribution in [0.4, 0.5) is 0 Å². The SMILES string of the molecule is CC1=C(C2=C(C)C=C[As]2C)[As](C)C=C1. The summed E-state index contributed by atoms with van der Waals surface area (Å²) in [6.45, 7) is 4.57. The molecule has 0 saturated heterocycles. The molecule has 2 atom stereocenters. The first-order valence-corrected chi connectivity index (χ1v) is 12.6. The average Bonchev–Trinajstić information content (AvgIpc) is 2.60. The Kier molecular flexibility index (Phi) is 2.96. The van der Waals surface area contributed by atoms with Gasteiger partial charge in [0.1, 0.15) is 0 Å². The van der Waals surface area contributed by atoms with Gasteiger partial charge in [0, 0.05) is 0 Å². The third kappa shape index (κ3) is 1.64. The Bertz CT molecular complexity index is 345. The second kappa shape index (κ2) is 3.91. The molecule has 0 aromatic heterocycles. The van der Waals surface area contributed by atoms with Crippen molar-refractivity contribution in [3.63, 3.8) is 0 Å².